The van der Waals surface area contributed by atoms with E-state index in [1.807, 2.05) is 24.3 Å². The van der Waals surface area contributed by atoms with Gasteiger partial charge in [0.25, 0.3) is 0 Å². The molecule has 1 N–H and O–H groups in total. The number of benzene rings is 1. The molecule has 0 radical (unpaired) electrons. The van der Waals surface area contributed by atoms with Crippen LogP contribution in [0.4, 0.5) is 0 Å². The third-order valence-electron chi connectivity index (χ3n) is 2.61. The molecule has 0 fully saturated rings. The van der Waals surface area contributed by atoms with Crippen molar-refractivity contribution in [1.29, 1.82) is 0 Å². The zero-order valence-electron chi connectivity index (χ0n) is 9.30. The first-order chi connectivity index (χ1) is 8.76. The van der Waals surface area contributed by atoms with Crippen LogP contribution >= 0.6 is 11.6 Å². The molecule has 0 amide bonds. The Morgan fingerprint density at radius 1 is 1.06 bits per heavy atom. The number of halogens is 1. The number of nitrogens with zero attached hydrogens (tertiary/aromatic N) is 2. The summed E-state index contributed by atoms with van der Waals surface area (Å²) in [5.74, 6) is 0.490. The Morgan fingerprint density at radius 2 is 1.83 bits per heavy atom. The first-order valence-corrected chi connectivity index (χ1v) is 5.77. The van der Waals surface area contributed by atoms with Crippen molar-refractivity contribution in [3.8, 4) is 11.5 Å². The van der Waals surface area contributed by atoms with Gasteiger partial charge in [0.15, 0.2) is 0 Å². The van der Waals surface area contributed by atoms with Crippen LogP contribution in [0.25, 0.3) is 22.7 Å². The number of pyridine rings is 1. The summed E-state index contributed by atoms with van der Waals surface area (Å²) < 4.78 is 5.54. The standard InChI is InChI=1S/C13H9ClN2O2/c14-11-6-5-10-13(16-11)18-12(15-10)9-3-1-8(7-17)2-4-9/h1-6,17H,7H2. The topological polar surface area (TPSA) is 59.2 Å². The van der Waals surface area contributed by atoms with Gasteiger partial charge in [-0.25, -0.2) is 4.98 Å². The molecule has 18 heavy (non-hydrogen) atoms. The summed E-state index contributed by atoms with van der Waals surface area (Å²) in [7, 11) is 0. The number of rotatable bonds is 2. The number of aliphatic hydroxyl groups excluding tert-OH is 1. The third-order valence-corrected chi connectivity index (χ3v) is 2.82. The van der Waals surface area contributed by atoms with Gasteiger partial charge in [0.1, 0.15) is 10.7 Å². The molecular weight excluding hydrogens is 252 g/mol. The number of hydrogen-bond acceptors (Lipinski definition) is 4. The van der Waals surface area contributed by atoms with Crippen molar-refractivity contribution >= 4 is 22.8 Å². The summed E-state index contributed by atoms with van der Waals surface area (Å²) in [4.78, 5) is 8.38. The van der Waals surface area contributed by atoms with Crippen LogP contribution in [-0.4, -0.2) is 15.1 Å². The molecule has 2 heterocycles. The van der Waals surface area contributed by atoms with Gasteiger partial charge in [0.05, 0.1) is 6.61 Å². The molecule has 0 bridgehead atoms. The molecule has 2 aromatic heterocycles. The van der Waals surface area contributed by atoms with Gasteiger partial charge in [0.2, 0.25) is 11.6 Å². The summed E-state index contributed by atoms with van der Waals surface area (Å²) in [5.41, 5.74) is 2.77. The van der Waals surface area contributed by atoms with Crippen LogP contribution in [0.15, 0.2) is 40.8 Å². The van der Waals surface area contributed by atoms with Crippen molar-refractivity contribution in [1.82, 2.24) is 9.97 Å². The average molecular weight is 261 g/mol. The van der Waals surface area contributed by atoms with Crippen molar-refractivity contribution in [2.45, 2.75) is 6.61 Å². The van der Waals surface area contributed by atoms with Crippen LogP contribution in [0, 0.1) is 0 Å². The molecule has 0 unspecified atom stereocenters. The summed E-state index contributed by atoms with van der Waals surface area (Å²) in [6.45, 7) is 0.0189. The Kier molecular flexibility index (Phi) is 2.74. The SMILES string of the molecule is OCc1ccc(-c2nc3ccc(Cl)nc3o2)cc1. The van der Waals surface area contributed by atoms with Crippen molar-refractivity contribution in [2.75, 3.05) is 0 Å². The molecule has 0 saturated carbocycles. The normalized spacial score (nSPS) is 11.0. The predicted octanol–water partition coefficient (Wildman–Crippen LogP) is 3.04. The highest BCUT2D eigenvalue weighted by Crippen LogP contribution is 2.24. The van der Waals surface area contributed by atoms with E-state index in [1.54, 1.807) is 12.1 Å². The second-order valence-corrected chi connectivity index (χ2v) is 4.22. The third kappa shape index (κ3) is 1.96. The molecule has 0 aliphatic rings. The van der Waals surface area contributed by atoms with Crippen LogP contribution in [0.1, 0.15) is 5.56 Å². The van der Waals surface area contributed by atoms with E-state index in [9.17, 15) is 0 Å². The van der Waals surface area contributed by atoms with E-state index in [-0.39, 0.29) is 6.61 Å². The van der Waals surface area contributed by atoms with Crippen LogP contribution < -0.4 is 0 Å². The second-order valence-electron chi connectivity index (χ2n) is 3.83. The molecule has 3 aromatic rings. The molecule has 0 aliphatic heterocycles. The molecule has 0 spiro atoms. The van der Waals surface area contributed by atoms with Gasteiger partial charge in [-0.15, -0.1) is 0 Å². The van der Waals surface area contributed by atoms with Crippen LogP contribution in [0.2, 0.25) is 5.15 Å². The van der Waals surface area contributed by atoms with Gasteiger partial charge in [-0.2, -0.15) is 4.98 Å². The number of aliphatic hydroxyl groups is 1. The van der Waals surface area contributed by atoms with Crippen molar-refractivity contribution in [2.24, 2.45) is 0 Å². The Hall–Kier alpha value is -1.91. The molecule has 0 aliphatic carbocycles. The molecule has 3 rings (SSSR count). The van der Waals surface area contributed by atoms with Crippen LogP contribution in [-0.2, 0) is 6.61 Å². The molecule has 0 saturated heterocycles. The van der Waals surface area contributed by atoms with Gasteiger partial charge < -0.3 is 9.52 Å². The summed E-state index contributed by atoms with van der Waals surface area (Å²) in [5, 5.41) is 9.36. The largest absolute Gasteiger partial charge is 0.418 e. The lowest BCUT2D eigenvalue weighted by molar-refractivity contribution is 0.282. The first-order valence-electron chi connectivity index (χ1n) is 5.39. The predicted molar refractivity (Wildman–Crippen MR) is 68.2 cm³/mol. The number of fused-ring (bicyclic) bond motifs is 1. The van der Waals surface area contributed by atoms with Gasteiger partial charge >= 0.3 is 0 Å². The van der Waals surface area contributed by atoms with E-state index in [1.165, 1.54) is 0 Å². The fraction of sp³-hybridized carbons (Fsp3) is 0.0769. The van der Waals surface area contributed by atoms with E-state index in [0.717, 1.165) is 11.1 Å². The summed E-state index contributed by atoms with van der Waals surface area (Å²) in [6.07, 6.45) is 0. The number of aromatic nitrogens is 2. The maximum Gasteiger partial charge on any atom is 0.248 e. The highest BCUT2D eigenvalue weighted by atomic mass is 35.5. The molecular formula is C13H9ClN2O2. The fourth-order valence-corrected chi connectivity index (χ4v) is 1.81. The van der Waals surface area contributed by atoms with Gasteiger partial charge in [-0.05, 0) is 29.8 Å². The van der Waals surface area contributed by atoms with Crippen LogP contribution in [0.5, 0.6) is 0 Å². The molecule has 4 nitrogen and oxygen atoms in total. The highest BCUT2D eigenvalue weighted by molar-refractivity contribution is 6.29. The highest BCUT2D eigenvalue weighted by Gasteiger charge is 2.09. The monoisotopic (exact) mass is 260 g/mol. The van der Waals surface area contributed by atoms with Crippen molar-refractivity contribution < 1.29 is 9.52 Å². The number of hydrogen-bond donors (Lipinski definition) is 1. The average Bonchev–Trinajstić information content (AvgIpc) is 2.81. The quantitative estimate of drug-likeness (QED) is 0.720. The minimum absolute atomic E-state index is 0.0189. The van der Waals surface area contributed by atoms with Gasteiger partial charge in [-0.1, -0.05) is 23.7 Å². The molecule has 5 heteroatoms. The minimum Gasteiger partial charge on any atom is -0.418 e. The van der Waals surface area contributed by atoms with Gasteiger partial charge in [-0.3, -0.25) is 0 Å². The minimum atomic E-state index is 0.0189. The summed E-state index contributed by atoms with van der Waals surface area (Å²) in [6, 6.07) is 10.8. The van der Waals surface area contributed by atoms with E-state index >= 15 is 0 Å². The molecule has 90 valence electrons. The fourth-order valence-electron chi connectivity index (χ4n) is 1.67. The summed E-state index contributed by atoms with van der Waals surface area (Å²) >= 11 is 5.79. The Balaban J connectivity index is 2.07. The van der Waals surface area contributed by atoms with E-state index in [0.29, 0.717) is 22.3 Å². The van der Waals surface area contributed by atoms with E-state index < -0.39 is 0 Å². The first kappa shape index (κ1) is 11.2. The van der Waals surface area contributed by atoms with Crippen molar-refractivity contribution in [3.05, 3.63) is 47.1 Å². The Labute approximate surface area is 108 Å². The maximum absolute atomic E-state index is 8.98. The van der Waals surface area contributed by atoms with E-state index in [2.05, 4.69) is 9.97 Å². The smallest absolute Gasteiger partial charge is 0.248 e. The maximum atomic E-state index is 8.98. The molecule has 1 aromatic carbocycles. The Morgan fingerprint density at radius 3 is 2.56 bits per heavy atom. The van der Waals surface area contributed by atoms with Crippen LogP contribution in [0.3, 0.4) is 0 Å². The zero-order chi connectivity index (χ0) is 12.5. The lowest BCUT2D eigenvalue weighted by atomic mass is 10.1. The van der Waals surface area contributed by atoms with E-state index in [4.69, 9.17) is 21.1 Å². The molecule has 0 atom stereocenters. The second kappa shape index (κ2) is 4.40. The lowest BCUT2D eigenvalue weighted by Crippen LogP contribution is -1.82. The number of oxazole rings is 1. The zero-order valence-corrected chi connectivity index (χ0v) is 10.1. The Bertz CT molecular complexity index is 692. The van der Waals surface area contributed by atoms with Crippen molar-refractivity contribution in [3.63, 3.8) is 0 Å². The lowest BCUT2D eigenvalue weighted by Gasteiger charge is -1.97. The van der Waals surface area contributed by atoms with Gasteiger partial charge in [0, 0.05) is 5.56 Å².